The summed E-state index contributed by atoms with van der Waals surface area (Å²) in [6, 6.07) is 1.99. The molecule has 48 valence electrons. The molecule has 2 heteroatoms. The second-order valence-electron chi connectivity index (χ2n) is 2.23. The molecule has 0 atom stereocenters. The minimum Gasteiger partial charge on any atom is -0.238 e. The molecule has 0 N–H and O–H groups in total. The van der Waals surface area contributed by atoms with Gasteiger partial charge in [-0.3, -0.25) is 0 Å². The zero-order valence-corrected chi connectivity index (χ0v) is 6.05. The zero-order chi connectivity index (χ0) is 6.85. The summed E-state index contributed by atoms with van der Waals surface area (Å²) in [5.41, 5.74) is 1.07. The standard InChI is InChI=1S/C7H11N2/c1-6-4-5-9(3)7(2)8-6/h4-5H,1-3H3/q+1. The Morgan fingerprint density at radius 1 is 1.44 bits per heavy atom. The maximum Gasteiger partial charge on any atom is 0.295 e. The number of rotatable bonds is 0. The van der Waals surface area contributed by atoms with Gasteiger partial charge < -0.3 is 0 Å². The lowest BCUT2D eigenvalue weighted by Gasteiger charge is -1.90. The molecular formula is C7H11N2+. The lowest BCUT2D eigenvalue weighted by atomic mass is 10.4. The second kappa shape index (κ2) is 2.13. The molecule has 1 aromatic rings. The smallest absolute Gasteiger partial charge is 0.238 e. The summed E-state index contributed by atoms with van der Waals surface area (Å²) < 4.78 is 1.99. The van der Waals surface area contributed by atoms with Gasteiger partial charge in [-0.05, 0) is 0 Å². The van der Waals surface area contributed by atoms with Crippen LogP contribution in [-0.4, -0.2) is 4.98 Å². The van der Waals surface area contributed by atoms with Crippen LogP contribution in [-0.2, 0) is 7.05 Å². The van der Waals surface area contributed by atoms with E-state index in [1.54, 1.807) is 0 Å². The molecule has 0 saturated carbocycles. The molecule has 0 unspecified atom stereocenters. The molecule has 0 saturated heterocycles. The van der Waals surface area contributed by atoms with Crippen molar-refractivity contribution < 1.29 is 4.57 Å². The lowest BCUT2D eigenvalue weighted by Crippen LogP contribution is -2.32. The molecule has 0 fully saturated rings. The van der Waals surface area contributed by atoms with E-state index in [2.05, 4.69) is 4.98 Å². The van der Waals surface area contributed by atoms with Crippen LogP contribution >= 0.6 is 0 Å². The van der Waals surface area contributed by atoms with Gasteiger partial charge >= 0.3 is 0 Å². The Hall–Kier alpha value is -0.920. The average molecular weight is 123 g/mol. The van der Waals surface area contributed by atoms with E-state index in [0.717, 1.165) is 11.5 Å². The first-order valence-corrected chi connectivity index (χ1v) is 3.00. The maximum absolute atomic E-state index is 4.24. The predicted molar refractivity (Wildman–Crippen MR) is 34.9 cm³/mol. The van der Waals surface area contributed by atoms with Gasteiger partial charge in [0.05, 0.1) is 13.2 Å². The van der Waals surface area contributed by atoms with Crippen molar-refractivity contribution in [3.05, 3.63) is 23.8 Å². The summed E-state index contributed by atoms with van der Waals surface area (Å²) in [7, 11) is 1.99. The van der Waals surface area contributed by atoms with Crippen LogP contribution in [0.1, 0.15) is 11.5 Å². The number of hydrogen-bond donors (Lipinski definition) is 0. The predicted octanol–water partition coefficient (Wildman–Crippen LogP) is 0.523. The Morgan fingerprint density at radius 2 is 2.11 bits per heavy atom. The summed E-state index contributed by atoms with van der Waals surface area (Å²) in [5.74, 6) is 1.05. The first-order valence-electron chi connectivity index (χ1n) is 3.00. The van der Waals surface area contributed by atoms with E-state index in [9.17, 15) is 0 Å². The molecular weight excluding hydrogens is 112 g/mol. The normalized spacial score (nSPS) is 9.67. The summed E-state index contributed by atoms with van der Waals surface area (Å²) in [6.07, 6.45) is 2.01. The van der Waals surface area contributed by atoms with Crippen molar-refractivity contribution in [3.63, 3.8) is 0 Å². The molecule has 0 bridgehead atoms. The van der Waals surface area contributed by atoms with E-state index in [1.807, 2.05) is 37.7 Å². The van der Waals surface area contributed by atoms with Gasteiger partial charge in [-0.15, -0.1) is 0 Å². The summed E-state index contributed by atoms with van der Waals surface area (Å²) in [6.45, 7) is 3.99. The second-order valence-corrected chi connectivity index (χ2v) is 2.23. The van der Waals surface area contributed by atoms with E-state index >= 15 is 0 Å². The van der Waals surface area contributed by atoms with Crippen LogP contribution in [0.5, 0.6) is 0 Å². The van der Waals surface area contributed by atoms with Crippen molar-refractivity contribution >= 4 is 0 Å². The van der Waals surface area contributed by atoms with Crippen molar-refractivity contribution in [2.75, 3.05) is 0 Å². The highest BCUT2D eigenvalue weighted by Crippen LogP contribution is 1.87. The molecule has 9 heavy (non-hydrogen) atoms. The molecule has 0 spiro atoms. The van der Waals surface area contributed by atoms with Crippen molar-refractivity contribution in [2.24, 2.45) is 7.05 Å². The van der Waals surface area contributed by atoms with E-state index < -0.39 is 0 Å². The van der Waals surface area contributed by atoms with Gasteiger partial charge in [0.2, 0.25) is 0 Å². The quantitative estimate of drug-likeness (QED) is 0.460. The highest BCUT2D eigenvalue weighted by Gasteiger charge is 2.00. The largest absolute Gasteiger partial charge is 0.295 e. The SMILES string of the molecule is Cc1cc[n+](C)c(C)n1. The minimum atomic E-state index is 1.05. The Bertz CT molecular complexity index is 218. The van der Waals surface area contributed by atoms with E-state index in [1.165, 1.54) is 0 Å². The molecule has 0 aromatic carbocycles. The Balaban J connectivity index is 3.17. The van der Waals surface area contributed by atoms with Gasteiger partial charge in [0.15, 0.2) is 5.69 Å². The third-order valence-electron chi connectivity index (χ3n) is 1.39. The van der Waals surface area contributed by atoms with Crippen molar-refractivity contribution in [1.29, 1.82) is 0 Å². The molecule has 0 aliphatic heterocycles. The van der Waals surface area contributed by atoms with Gasteiger partial charge in [0, 0.05) is 19.9 Å². The number of aromatic nitrogens is 2. The fourth-order valence-electron chi connectivity index (χ4n) is 0.699. The highest BCUT2D eigenvalue weighted by atomic mass is 15.0. The highest BCUT2D eigenvalue weighted by molar-refractivity contribution is 4.93. The molecule has 2 nitrogen and oxygen atoms in total. The van der Waals surface area contributed by atoms with E-state index in [-0.39, 0.29) is 0 Å². The Labute approximate surface area is 55.2 Å². The molecule has 1 rings (SSSR count). The monoisotopic (exact) mass is 123 g/mol. The van der Waals surface area contributed by atoms with Gasteiger partial charge in [-0.25, -0.2) is 4.57 Å². The van der Waals surface area contributed by atoms with E-state index in [0.29, 0.717) is 0 Å². The fourth-order valence-corrected chi connectivity index (χ4v) is 0.699. The first kappa shape index (κ1) is 6.20. The molecule has 0 aliphatic rings. The Kier molecular flexibility index (Phi) is 1.47. The summed E-state index contributed by atoms with van der Waals surface area (Å²) in [5, 5.41) is 0. The van der Waals surface area contributed by atoms with E-state index in [4.69, 9.17) is 0 Å². The van der Waals surface area contributed by atoms with Crippen LogP contribution in [0.3, 0.4) is 0 Å². The zero-order valence-electron chi connectivity index (χ0n) is 6.05. The van der Waals surface area contributed by atoms with Crippen LogP contribution in [0.15, 0.2) is 12.3 Å². The average Bonchev–Trinajstić information content (AvgIpc) is 1.80. The summed E-state index contributed by atoms with van der Waals surface area (Å²) >= 11 is 0. The van der Waals surface area contributed by atoms with Crippen LogP contribution in [0.25, 0.3) is 0 Å². The van der Waals surface area contributed by atoms with Gasteiger partial charge in [0.1, 0.15) is 0 Å². The first-order chi connectivity index (χ1) is 4.20. The molecule has 1 heterocycles. The maximum atomic E-state index is 4.24. The molecule has 0 amide bonds. The lowest BCUT2D eigenvalue weighted by molar-refractivity contribution is -0.681. The number of aryl methyl sites for hydroxylation is 3. The van der Waals surface area contributed by atoms with Gasteiger partial charge in [-0.1, -0.05) is 4.98 Å². The van der Waals surface area contributed by atoms with Crippen LogP contribution < -0.4 is 4.57 Å². The van der Waals surface area contributed by atoms with Crippen molar-refractivity contribution in [1.82, 2.24) is 4.98 Å². The third-order valence-corrected chi connectivity index (χ3v) is 1.39. The van der Waals surface area contributed by atoms with Crippen molar-refractivity contribution in [2.45, 2.75) is 13.8 Å². The minimum absolute atomic E-state index is 1.05. The fraction of sp³-hybridized carbons (Fsp3) is 0.429. The van der Waals surface area contributed by atoms with Crippen LogP contribution in [0.2, 0.25) is 0 Å². The van der Waals surface area contributed by atoms with Crippen LogP contribution in [0.4, 0.5) is 0 Å². The van der Waals surface area contributed by atoms with Gasteiger partial charge in [-0.2, -0.15) is 0 Å². The number of nitrogens with zero attached hydrogens (tertiary/aromatic N) is 2. The molecule has 1 aromatic heterocycles. The molecule has 0 aliphatic carbocycles. The van der Waals surface area contributed by atoms with Crippen molar-refractivity contribution in [3.8, 4) is 0 Å². The van der Waals surface area contributed by atoms with Gasteiger partial charge in [0.25, 0.3) is 5.82 Å². The molecule has 0 radical (unpaired) electrons. The Morgan fingerprint density at radius 3 is 2.56 bits per heavy atom. The number of hydrogen-bond acceptors (Lipinski definition) is 1. The summed E-state index contributed by atoms with van der Waals surface area (Å²) in [4.78, 5) is 4.24. The third kappa shape index (κ3) is 1.25. The topological polar surface area (TPSA) is 16.8 Å². The van der Waals surface area contributed by atoms with Crippen LogP contribution in [0, 0.1) is 13.8 Å².